The first-order chi connectivity index (χ1) is 10.0. The number of morpholine rings is 1. The largest absolute Gasteiger partial charge is 0.375 e. The first-order valence-corrected chi connectivity index (χ1v) is 6.82. The number of carbonyl (C=O) groups is 1. The fourth-order valence-corrected chi connectivity index (χ4v) is 2.22. The fourth-order valence-electron chi connectivity index (χ4n) is 2.22. The summed E-state index contributed by atoms with van der Waals surface area (Å²) in [5.41, 5.74) is -0.221. The Kier molecular flexibility index (Phi) is 4.69. The van der Waals surface area contributed by atoms with Crippen molar-refractivity contribution in [3.63, 3.8) is 0 Å². The Balaban J connectivity index is 2.32. The Morgan fingerprint density at radius 1 is 1.67 bits per heavy atom. The van der Waals surface area contributed by atoms with E-state index in [-0.39, 0.29) is 23.3 Å². The van der Waals surface area contributed by atoms with Gasteiger partial charge in [0.2, 0.25) is 0 Å². The summed E-state index contributed by atoms with van der Waals surface area (Å²) in [7, 11) is 0. The van der Waals surface area contributed by atoms with Crippen molar-refractivity contribution in [3.8, 4) is 0 Å². The van der Waals surface area contributed by atoms with Crippen molar-refractivity contribution >= 4 is 17.4 Å². The van der Waals surface area contributed by atoms with Gasteiger partial charge in [-0.3, -0.25) is 14.9 Å². The minimum Gasteiger partial charge on any atom is -0.375 e. The van der Waals surface area contributed by atoms with E-state index >= 15 is 0 Å². The van der Waals surface area contributed by atoms with Crippen molar-refractivity contribution in [1.82, 2.24) is 9.88 Å². The number of carbonyl (C=O) groups excluding carboxylic acids is 1. The van der Waals surface area contributed by atoms with Crippen LogP contribution in [0.15, 0.2) is 12.3 Å². The Hall–Kier alpha value is -2.22. The molecule has 1 amide bonds. The number of pyridine rings is 1. The zero-order valence-corrected chi connectivity index (χ0v) is 12.0. The molecule has 2 rings (SSSR count). The van der Waals surface area contributed by atoms with Crippen LogP contribution in [0.25, 0.3) is 0 Å². The first-order valence-electron chi connectivity index (χ1n) is 6.82. The Labute approximate surface area is 122 Å². The number of hydrogen-bond donors (Lipinski definition) is 1. The summed E-state index contributed by atoms with van der Waals surface area (Å²) in [4.78, 5) is 28.6. The summed E-state index contributed by atoms with van der Waals surface area (Å²) in [5, 5.41) is 14.0. The lowest BCUT2D eigenvalue weighted by atomic mass is 10.1. The highest BCUT2D eigenvalue weighted by Gasteiger charge is 2.28. The standard InChI is InChI=1S/C13H18N4O4/c1-3-14-12-6-10(11(7-15-12)17(19)20)13(18)16-4-5-21-9(2)8-16/h6-7,9H,3-5,8H2,1-2H3,(H,14,15). The molecule has 8 nitrogen and oxygen atoms in total. The molecule has 1 aliphatic rings. The molecular weight excluding hydrogens is 276 g/mol. The van der Waals surface area contributed by atoms with E-state index in [9.17, 15) is 14.9 Å². The van der Waals surface area contributed by atoms with Gasteiger partial charge in [0.1, 0.15) is 17.6 Å². The maximum absolute atomic E-state index is 12.5. The predicted octanol–water partition coefficient (Wildman–Crippen LogP) is 1.28. The lowest BCUT2D eigenvalue weighted by Crippen LogP contribution is -2.44. The number of amides is 1. The van der Waals surface area contributed by atoms with Crippen LogP contribution in [-0.4, -0.2) is 53.1 Å². The van der Waals surface area contributed by atoms with Gasteiger partial charge in [0, 0.05) is 25.7 Å². The average molecular weight is 294 g/mol. The molecule has 1 aliphatic heterocycles. The van der Waals surface area contributed by atoms with Crippen LogP contribution in [0.4, 0.5) is 11.5 Å². The second-order valence-electron chi connectivity index (χ2n) is 4.81. The van der Waals surface area contributed by atoms with Gasteiger partial charge in [0.05, 0.1) is 17.6 Å². The molecule has 1 fully saturated rings. The van der Waals surface area contributed by atoms with Gasteiger partial charge in [-0.05, 0) is 13.8 Å². The monoisotopic (exact) mass is 294 g/mol. The van der Waals surface area contributed by atoms with Crippen molar-refractivity contribution in [2.45, 2.75) is 20.0 Å². The summed E-state index contributed by atoms with van der Waals surface area (Å²) in [6.45, 7) is 5.66. The molecule has 1 saturated heterocycles. The van der Waals surface area contributed by atoms with E-state index in [0.717, 1.165) is 6.20 Å². The van der Waals surface area contributed by atoms with Crippen molar-refractivity contribution < 1.29 is 14.5 Å². The quantitative estimate of drug-likeness (QED) is 0.663. The molecule has 0 aliphatic carbocycles. The Bertz CT molecular complexity index is 549. The molecule has 1 aromatic heterocycles. The van der Waals surface area contributed by atoms with E-state index in [1.807, 2.05) is 13.8 Å². The maximum Gasteiger partial charge on any atom is 0.300 e. The van der Waals surface area contributed by atoms with E-state index in [0.29, 0.717) is 32.1 Å². The van der Waals surface area contributed by atoms with Gasteiger partial charge in [-0.25, -0.2) is 4.98 Å². The van der Waals surface area contributed by atoms with Crippen LogP contribution in [0.2, 0.25) is 0 Å². The van der Waals surface area contributed by atoms with Gasteiger partial charge in [-0.15, -0.1) is 0 Å². The summed E-state index contributed by atoms with van der Waals surface area (Å²) < 4.78 is 5.38. The molecule has 0 bridgehead atoms. The summed E-state index contributed by atoms with van der Waals surface area (Å²) in [6.07, 6.45) is 1.05. The number of aromatic nitrogens is 1. The zero-order valence-electron chi connectivity index (χ0n) is 12.0. The average Bonchev–Trinajstić information content (AvgIpc) is 2.46. The summed E-state index contributed by atoms with van der Waals surface area (Å²) >= 11 is 0. The van der Waals surface area contributed by atoms with E-state index in [1.165, 1.54) is 6.07 Å². The normalized spacial score (nSPS) is 18.4. The van der Waals surface area contributed by atoms with Gasteiger partial charge >= 0.3 is 0 Å². The van der Waals surface area contributed by atoms with Gasteiger partial charge in [-0.1, -0.05) is 0 Å². The molecule has 1 unspecified atom stereocenters. The topological polar surface area (TPSA) is 97.6 Å². The molecule has 0 saturated carbocycles. The van der Waals surface area contributed by atoms with E-state index in [1.54, 1.807) is 4.90 Å². The van der Waals surface area contributed by atoms with Crippen LogP contribution in [0.3, 0.4) is 0 Å². The molecule has 1 atom stereocenters. The number of anilines is 1. The third kappa shape index (κ3) is 3.46. The van der Waals surface area contributed by atoms with Crippen molar-refractivity contribution in [2.24, 2.45) is 0 Å². The molecule has 1 aromatic rings. The molecule has 2 heterocycles. The fraction of sp³-hybridized carbons (Fsp3) is 0.538. The van der Waals surface area contributed by atoms with E-state index in [2.05, 4.69) is 10.3 Å². The predicted molar refractivity (Wildman–Crippen MR) is 76.4 cm³/mol. The van der Waals surface area contributed by atoms with Crippen molar-refractivity contribution in [3.05, 3.63) is 27.9 Å². The Morgan fingerprint density at radius 3 is 3.05 bits per heavy atom. The molecule has 21 heavy (non-hydrogen) atoms. The molecule has 0 aromatic carbocycles. The summed E-state index contributed by atoms with van der Waals surface area (Å²) in [6, 6.07) is 1.43. The van der Waals surface area contributed by atoms with Crippen LogP contribution in [0.1, 0.15) is 24.2 Å². The minimum absolute atomic E-state index is 0.0556. The van der Waals surface area contributed by atoms with Gasteiger partial charge in [0.15, 0.2) is 0 Å². The molecule has 114 valence electrons. The first kappa shape index (κ1) is 15.2. The zero-order chi connectivity index (χ0) is 15.4. The maximum atomic E-state index is 12.5. The Morgan fingerprint density at radius 2 is 2.43 bits per heavy atom. The lowest BCUT2D eigenvalue weighted by molar-refractivity contribution is -0.385. The third-order valence-corrected chi connectivity index (χ3v) is 3.20. The number of nitrogens with one attached hydrogen (secondary N) is 1. The van der Waals surface area contributed by atoms with Gasteiger partial charge < -0.3 is 15.0 Å². The number of nitrogens with zero attached hydrogens (tertiary/aromatic N) is 3. The van der Waals surface area contributed by atoms with Crippen LogP contribution in [0, 0.1) is 10.1 Å². The summed E-state index contributed by atoms with van der Waals surface area (Å²) in [5.74, 6) is 0.0890. The van der Waals surface area contributed by atoms with Crippen LogP contribution in [0.5, 0.6) is 0 Å². The highest BCUT2D eigenvalue weighted by Crippen LogP contribution is 2.23. The number of hydrogen-bond acceptors (Lipinski definition) is 6. The lowest BCUT2D eigenvalue weighted by Gasteiger charge is -2.31. The molecule has 8 heteroatoms. The molecular formula is C13H18N4O4. The highest BCUT2D eigenvalue weighted by molar-refractivity contribution is 5.98. The third-order valence-electron chi connectivity index (χ3n) is 3.20. The van der Waals surface area contributed by atoms with Crippen LogP contribution >= 0.6 is 0 Å². The molecule has 0 spiro atoms. The second kappa shape index (κ2) is 6.49. The van der Waals surface area contributed by atoms with Gasteiger partial charge in [0.25, 0.3) is 11.6 Å². The van der Waals surface area contributed by atoms with Crippen LogP contribution in [-0.2, 0) is 4.74 Å². The number of nitro groups is 1. The van der Waals surface area contributed by atoms with Crippen molar-refractivity contribution in [2.75, 3.05) is 31.6 Å². The van der Waals surface area contributed by atoms with Crippen LogP contribution < -0.4 is 5.32 Å². The molecule has 1 N–H and O–H groups in total. The van der Waals surface area contributed by atoms with Gasteiger partial charge in [-0.2, -0.15) is 0 Å². The number of ether oxygens (including phenoxy) is 1. The van der Waals surface area contributed by atoms with E-state index in [4.69, 9.17) is 4.74 Å². The SMILES string of the molecule is CCNc1cc(C(=O)N2CCOC(C)C2)c([N+](=O)[O-])cn1. The van der Waals surface area contributed by atoms with E-state index < -0.39 is 4.92 Å². The van der Waals surface area contributed by atoms with Crippen molar-refractivity contribution in [1.29, 1.82) is 0 Å². The smallest absolute Gasteiger partial charge is 0.300 e. The highest BCUT2D eigenvalue weighted by atomic mass is 16.6. The molecule has 0 radical (unpaired) electrons. The number of rotatable bonds is 4. The minimum atomic E-state index is -0.583. The second-order valence-corrected chi connectivity index (χ2v) is 4.81.